The Morgan fingerprint density at radius 3 is 2.00 bits per heavy atom. The molecule has 0 aliphatic rings. The third-order valence-corrected chi connectivity index (χ3v) is 7.81. The van der Waals surface area contributed by atoms with Crippen molar-refractivity contribution < 1.29 is 0 Å². The minimum absolute atomic E-state index is 0.624. The van der Waals surface area contributed by atoms with Gasteiger partial charge in [0.2, 0.25) is 0 Å². The van der Waals surface area contributed by atoms with Crippen LogP contribution in [-0.4, -0.2) is 14.1 Å². The Morgan fingerprint density at radius 1 is 0.732 bits per heavy atom. The summed E-state index contributed by atoms with van der Waals surface area (Å²) in [6.45, 7) is 6.00. The summed E-state index contributed by atoms with van der Waals surface area (Å²) in [5.74, 6) is 0.832. The van der Waals surface area contributed by atoms with E-state index in [1.54, 1.807) is 6.08 Å². The molecule has 4 aromatic carbocycles. The van der Waals surface area contributed by atoms with E-state index in [1.165, 1.54) is 21.7 Å². The van der Waals surface area contributed by atoms with Gasteiger partial charge in [0.05, 0.1) is 33.5 Å². The quantitative estimate of drug-likeness (QED) is 0.210. The molecule has 3 aromatic heterocycles. The predicted molar refractivity (Wildman–Crippen MR) is 170 cm³/mol. The number of aromatic nitrogens is 3. The van der Waals surface area contributed by atoms with Crippen molar-refractivity contribution in [2.24, 2.45) is 0 Å². The van der Waals surface area contributed by atoms with E-state index in [0.717, 1.165) is 44.9 Å². The van der Waals surface area contributed by atoms with Gasteiger partial charge in [-0.3, -0.25) is 4.57 Å². The summed E-state index contributed by atoms with van der Waals surface area (Å²) in [6.07, 6.45) is 7.69. The molecule has 0 saturated carbocycles. The fourth-order valence-corrected chi connectivity index (χ4v) is 5.92. The molecule has 4 heteroatoms. The number of hydrogen-bond acceptors (Lipinski definition) is 2. The maximum absolute atomic E-state index is 10.1. The van der Waals surface area contributed by atoms with Crippen LogP contribution in [0.15, 0.2) is 128 Å². The first-order valence-electron chi connectivity index (χ1n) is 13.6. The molecule has 7 rings (SSSR count). The van der Waals surface area contributed by atoms with Gasteiger partial charge in [-0.1, -0.05) is 79.4 Å². The van der Waals surface area contributed by atoms with Crippen LogP contribution in [0.4, 0.5) is 0 Å². The van der Waals surface area contributed by atoms with Crippen LogP contribution in [0.25, 0.3) is 61.4 Å². The van der Waals surface area contributed by atoms with E-state index in [0.29, 0.717) is 5.56 Å². The first-order chi connectivity index (χ1) is 20.2. The highest BCUT2D eigenvalue weighted by Crippen LogP contribution is 2.35. The normalized spacial score (nSPS) is 11.5. The number of para-hydroxylation sites is 3. The Kier molecular flexibility index (Phi) is 5.84. The number of hydrogen-bond donors (Lipinski definition) is 0. The van der Waals surface area contributed by atoms with E-state index in [4.69, 9.17) is 4.98 Å². The summed E-state index contributed by atoms with van der Waals surface area (Å²) in [5, 5.41) is 13.7. The van der Waals surface area contributed by atoms with Crippen molar-refractivity contribution in [3.05, 3.63) is 145 Å². The Hall–Kier alpha value is -5.66. The van der Waals surface area contributed by atoms with Gasteiger partial charge in [0.25, 0.3) is 0 Å². The molecule has 0 aliphatic heterocycles. The average molecular weight is 527 g/mol. The lowest BCUT2D eigenvalue weighted by atomic mass is 10.0. The summed E-state index contributed by atoms with van der Waals surface area (Å²) in [7, 11) is 0. The van der Waals surface area contributed by atoms with Crippen LogP contribution in [-0.2, 0) is 0 Å². The molecule has 4 nitrogen and oxygen atoms in total. The van der Waals surface area contributed by atoms with Gasteiger partial charge in [-0.2, -0.15) is 5.26 Å². The average Bonchev–Trinajstić information content (AvgIpc) is 3.51. The standard InChI is InChI=1S/C37H26N4/c1-3-4-14-32-25(2)29-11-5-8-15-33(29)41(32)37-23-27(20-21-39-37)26-18-19-28(24-38)36(22-26)40-34-16-9-6-12-30(34)31-13-7-10-17-35(31)40/h3-23H,1H2,2H3/b14-4-. The van der Waals surface area contributed by atoms with Crippen LogP contribution in [0.1, 0.15) is 16.8 Å². The van der Waals surface area contributed by atoms with Crippen molar-refractivity contribution in [2.45, 2.75) is 6.92 Å². The minimum atomic E-state index is 0.624. The molecule has 41 heavy (non-hydrogen) atoms. The molecule has 3 heterocycles. The second-order valence-electron chi connectivity index (χ2n) is 10.1. The SMILES string of the molecule is C=C/C=C\c1c(C)c2ccccc2n1-c1cc(-c2ccc(C#N)c(-n3c4ccccc4c4ccccc43)c2)ccn1. The van der Waals surface area contributed by atoms with E-state index in [1.807, 2.05) is 42.6 Å². The van der Waals surface area contributed by atoms with Gasteiger partial charge in [0.1, 0.15) is 11.9 Å². The Balaban J connectivity index is 1.44. The highest BCUT2D eigenvalue weighted by Gasteiger charge is 2.17. The van der Waals surface area contributed by atoms with Crippen molar-refractivity contribution in [1.82, 2.24) is 14.1 Å². The van der Waals surface area contributed by atoms with Crippen LogP contribution < -0.4 is 0 Å². The smallest absolute Gasteiger partial charge is 0.138 e. The molecule has 0 unspecified atom stereocenters. The van der Waals surface area contributed by atoms with Crippen molar-refractivity contribution in [3.8, 4) is 28.7 Å². The van der Waals surface area contributed by atoms with Crippen LogP contribution in [0.2, 0.25) is 0 Å². The maximum atomic E-state index is 10.1. The van der Waals surface area contributed by atoms with Crippen molar-refractivity contribution >= 4 is 38.8 Å². The fourth-order valence-electron chi connectivity index (χ4n) is 5.92. The maximum Gasteiger partial charge on any atom is 0.138 e. The number of allylic oxidation sites excluding steroid dienone is 2. The zero-order valence-electron chi connectivity index (χ0n) is 22.6. The van der Waals surface area contributed by atoms with E-state index in [9.17, 15) is 5.26 Å². The molecule has 0 fully saturated rings. The zero-order valence-corrected chi connectivity index (χ0v) is 22.6. The molecule has 0 amide bonds. The van der Waals surface area contributed by atoms with E-state index in [2.05, 4.69) is 108 Å². The van der Waals surface area contributed by atoms with Crippen LogP contribution in [0, 0.1) is 18.3 Å². The zero-order chi connectivity index (χ0) is 27.9. The second-order valence-corrected chi connectivity index (χ2v) is 10.1. The molecule has 0 saturated heterocycles. The molecule has 7 aromatic rings. The van der Waals surface area contributed by atoms with Gasteiger partial charge < -0.3 is 4.57 Å². The molecule has 0 N–H and O–H groups in total. The Morgan fingerprint density at radius 2 is 1.34 bits per heavy atom. The number of nitriles is 1. The lowest BCUT2D eigenvalue weighted by Gasteiger charge is -2.14. The number of benzene rings is 4. The topological polar surface area (TPSA) is 46.5 Å². The number of pyridine rings is 1. The third kappa shape index (κ3) is 3.87. The molecule has 0 bridgehead atoms. The molecule has 0 spiro atoms. The molecule has 0 radical (unpaired) electrons. The number of rotatable bonds is 5. The number of fused-ring (bicyclic) bond motifs is 4. The summed E-state index contributed by atoms with van der Waals surface area (Å²) in [4.78, 5) is 4.80. The Labute approximate surface area is 238 Å². The fraction of sp³-hybridized carbons (Fsp3) is 0.0270. The van der Waals surface area contributed by atoms with Gasteiger partial charge in [0, 0.05) is 22.4 Å². The van der Waals surface area contributed by atoms with Crippen molar-refractivity contribution in [3.63, 3.8) is 0 Å². The molecule has 0 atom stereocenters. The van der Waals surface area contributed by atoms with Gasteiger partial charge in [-0.15, -0.1) is 0 Å². The largest absolute Gasteiger partial charge is 0.308 e. The highest BCUT2D eigenvalue weighted by molar-refractivity contribution is 6.09. The molecular weight excluding hydrogens is 500 g/mol. The monoisotopic (exact) mass is 526 g/mol. The first kappa shape index (κ1) is 24.4. The number of nitrogens with zero attached hydrogens (tertiary/aromatic N) is 4. The van der Waals surface area contributed by atoms with Crippen molar-refractivity contribution in [1.29, 1.82) is 5.26 Å². The van der Waals surface area contributed by atoms with E-state index < -0.39 is 0 Å². The highest BCUT2D eigenvalue weighted by atomic mass is 15.1. The van der Waals surface area contributed by atoms with E-state index >= 15 is 0 Å². The Bertz CT molecular complexity index is 2150. The summed E-state index contributed by atoms with van der Waals surface area (Å²) in [6, 6.07) is 37.8. The lowest BCUT2D eigenvalue weighted by Crippen LogP contribution is -2.01. The van der Waals surface area contributed by atoms with Crippen LogP contribution >= 0.6 is 0 Å². The first-order valence-corrected chi connectivity index (χ1v) is 13.6. The van der Waals surface area contributed by atoms with Gasteiger partial charge in [-0.25, -0.2) is 4.98 Å². The molecular formula is C37H26N4. The summed E-state index contributed by atoms with van der Waals surface area (Å²) >= 11 is 0. The minimum Gasteiger partial charge on any atom is -0.308 e. The summed E-state index contributed by atoms with van der Waals surface area (Å²) < 4.78 is 4.40. The van der Waals surface area contributed by atoms with Crippen molar-refractivity contribution in [2.75, 3.05) is 0 Å². The van der Waals surface area contributed by atoms with Crippen LogP contribution in [0.5, 0.6) is 0 Å². The second kappa shape index (κ2) is 9.82. The number of aryl methyl sites for hydroxylation is 1. The van der Waals surface area contributed by atoms with Gasteiger partial charge in [-0.05, 0) is 72.2 Å². The predicted octanol–water partition coefficient (Wildman–Crippen LogP) is 9.17. The van der Waals surface area contributed by atoms with Crippen LogP contribution in [0.3, 0.4) is 0 Å². The molecule has 194 valence electrons. The lowest BCUT2D eigenvalue weighted by molar-refractivity contribution is 1.02. The third-order valence-electron chi connectivity index (χ3n) is 7.81. The van der Waals surface area contributed by atoms with Gasteiger partial charge >= 0.3 is 0 Å². The van der Waals surface area contributed by atoms with E-state index in [-0.39, 0.29) is 0 Å². The molecule has 0 aliphatic carbocycles. The van der Waals surface area contributed by atoms with Gasteiger partial charge in [0.15, 0.2) is 0 Å². The summed E-state index contributed by atoms with van der Waals surface area (Å²) in [5.41, 5.74) is 9.03.